The Hall–Kier alpha value is -1.16. The van der Waals surface area contributed by atoms with Crippen LogP contribution in [0.5, 0.6) is 0 Å². The van der Waals surface area contributed by atoms with Crippen molar-refractivity contribution in [2.75, 3.05) is 12.9 Å². The number of rotatable bonds is 12. The number of carboxylic acid groups (broad SMARTS) is 1. The molecule has 0 aliphatic heterocycles. The van der Waals surface area contributed by atoms with Gasteiger partial charge in [0, 0.05) is 11.3 Å². The van der Waals surface area contributed by atoms with Crippen molar-refractivity contribution >= 4 is 17.7 Å². The summed E-state index contributed by atoms with van der Waals surface area (Å²) in [6.45, 7) is 7.80. The topological polar surface area (TPSA) is 46.5 Å². The second-order valence-electron chi connectivity index (χ2n) is 4.93. The Bertz CT molecular complexity index is 383. The molecule has 0 heterocycles. The first-order valence-electron chi connectivity index (χ1n) is 7.42. The number of hydrogen-bond acceptors (Lipinski definition) is 3. The number of aliphatic carboxylic acids is 1. The summed E-state index contributed by atoms with van der Waals surface area (Å²) < 4.78 is 5.45. The van der Waals surface area contributed by atoms with Gasteiger partial charge in [-0.25, -0.2) is 0 Å². The van der Waals surface area contributed by atoms with E-state index in [0.29, 0.717) is 6.42 Å². The van der Waals surface area contributed by atoms with Crippen molar-refractivity contribution in [3.05, 3.63) is 35.0 Å². The van der Waals surface area contributed by atoms with Crippen molar-refractivity contribution in [2.45, 2.75) is 52.4 Å². The van der Waals surface area contributed by atoms with Gasteiger partial charge in [0.05, 0.1) is 7.11 Å². The number of carbonyl (C=O) groups is 1. The Labute approximate surface area is 133 Å². The summed E-state index contributed by atoms with van der Waals surface area (Å²) >= 11 is 1.82. The molecule has 0 atom stereocenters. The lowest BCUT2D eigenvalue weighted by atomic mass is 10.1. The maximum absolute atomic E-state index is 10.4. The largest absolute Gasteiger partial charge is 0.496 e. The molecule has 0 aromatic carbocycles. The molecular formula is C17H28O3S. The molecule has 0 amide bonds. The van der Waals surface area contributed by atoms with E-state index < -0.39 is 5.97 Å². The van der Waals surface area contributed by atoms with Gasteiger partial charge >= 0.3 is 5.97 Å². The van der Waals surface area contributed by atoms with E-state index in [4.69, 9.17) is 9.84 Å². The van der Waals surface area contributed by atoms with Crippen LogP contribution < -0.4 is 0 Å². The lowest BCUT2D eigenvalue weighted by Gasteiger charge is -2.11. The average Bonchev–Trinajstić information content (AvgIpc) is 2.42. The average molecular weight is 312 g/mol. The van der Waals surface area contributed by atoms with E-state index in [0.717, 1.165) is 49.2 Å². The van der Waals surface area contributed by atoms with Crippen LogP contribution in [0.1, 0.15) is 52.4 Å². The summed E-state index contributed by atoms with van der Waals surface area (Å²) in [6.07, 6.45) is 9.23. The first-order chi connectivity index (χ1) is 10.0. The van der Waals surface area contributed by atoms with Crippen LogP contribution >= 0.6 is 11.8 Å². The molecule has 0 aromatic heterocycles. The fourth-order valence-electron chi connectivity index (χ4n) is 2.03. The van der Waals surface area contributed by atoms with Crippen molar-refractivity contribution in [3.63, 3.8) is 0 Å². The molecule has 1 N–H and O–H groups in total. The van der Waals surface area contributed by atoms with Crippen LogP contribution in [-0.4, -0.2) is 23.9 Å². The molecule has 0 aromatic rings. The molecule has 0 bridgehead atoms. The molecule has 0 unspecified atom stereocenters. The van der Waals surface area contributed by atoms with Gasteiger partial charge in [0.15, 0.2) is 0 Å². The molecule has 0 spiro atoms. The van der Waals surface area contributed by atoms with Crippen LogP contribution in [0.2, 0.25) is 0 Å². The highest BCUT2D eigenvalue weighted by Crippen LogP contribution is 2.25. The molecule has 0 rings (SSSR count). The molecule has 0 radical (unpaired) electrons. The van der Waals surface area contributed by atoms with E-state index in [2.05, 4.69) is 13.5 Å². The third-order valence-corrected chi connectivity index (χ3v) is 4.21. The summed E-state index contributed by atoms with van der Waals surface area (Å²) in [6, 6.07) is 0. The summed E-state index contributed by atoms with van der Waals surface area (Å²) in [4.78, 5) is 11.6. The summed E-state index contributed by atoms with van der Waals surface area (Å²) in [5, 5.41) is 8.54. The predicted octanol–water partition coefficient (Wildman–Crippen LogP) is 5.16. The maximum Gasteiger partial charge on any atom is 0.303 e. The van der Waals surface area contributed by atoms with Crippen molar-refractivity contribution in [1.29, 1.82) is 0 Å². The Kier molecular flexibility index (Phi) is 11.9. The van der Waals surface area contributed by atoms with Crippen molar-refractivity contribution in [2.24, 2.45) is 0 Å². The van der Waals surface area contributed by atoms with Gasteiger partial charge in [-0.05, 0) is 38.0 Å². The molecule has 21 heavy (non-hydrogen) atoms. The Morgan fingerprint density at radius 2 is 1.81 bits per heavy atom. The Balaban J connectivity index is 3.91. The molecule has 120 valence electrons. The van der Waals surface area contributed by atoms with Crippen LogP contribution in [0.25, 0.3) is 0 Å². The quantitative estimate of drug-likeness (QED) is 0.307. The van der Waals surface area contributed by atoms with E-state index in [1.165, 1.54) is 4.91 Å². The third kappa shape index (κ3) is 10.2. The minimum atomic E-state index is -0.693. The number of methoxy groups -OCH3 is 1. The van der Waals surface area contributed by atoms with Crippen LogP contribution in [0.15, 0.2) is 35.0 Å². The smallest absolute Gasteiger partial charge is 0.303 e. The predicted molar refractivity (Wildman–Crippen MR) is 91.5 cm³/mol. The standard InChI is InChI=1S/C17H28O3S/c1-5-11-14(2)17(20-4)15(3)21-13-10-8-6-7-9-12-16(18)19/h5,11H,1,6-10,12-13H2,2-4H3,(H,18,19)/b14-11-,17-15-. The maximum atomic E-state index is 10.4. The molecule has 0 fully saturated rings. The van der Waals surface area contributed by atoms with Crippen molar-refractivity contribution in [1.82, 2.24) is 0 Å². The van der Waals surface area contributed by atoms with Gasteiger partial charge in [0.1, 0.15) is 5.76 Å². The highest BCUT2D eigenvalue weighted by atomic mass is 32.2. The van der Waals surface area contributed by atoms with Crippen molar-refractivity contribution < 1.29 is 14.6 Å². The number of hydrogen-bond donors (Lipinski definition) is 1. The van der Waals surface area contributed by atoms with Gasteiger partial charge in [0.2, 0.25) is 0 Å². The van der Waals surface area contributed by atoms with Gasteiger partial charge in [-0.15, -0.1) is 11.8 Å². The lowest BCUT2D eigenvalue weighted by Crippen LogP contribution is -1.94. The molecular weight excluding hydrogens is 284 g/mol. The number of carboxylic acids is 1. The summed E-state index contributed by atoms with van der Waals surface area (Å²) in [5.74, 6) is 1.31. The number of unbranched alkanes of at least 4 members (excludes halogenated alkanes) is 4. The zero-order valence-electron chi connectivity index (χ0n) is 13.5. The second-order valence-corrected chi connectivity index (χ2v) is 6.24. The minimum absolute atomic E-state index is 0.294. The highest BCUT2D eigenvalue weighted by Gasteiger charge is 2.05. The fourth-order valence-corrected chi connectivity index (χ4v) is 3.06. The van der Waals surface area contributed by atoms with E-state index in [1.807, 2.05) is 24.8 Å². The molecule has 0 saturated carbocycles. The molecule has 0 aliphatic carbocycles. The molecule has 0 saturated heterocycles. The van der Waals surface area contributed by atoms with E-state index in [1.54, 1.807) is 13.2 Å². The monoisotopic (exact) mass is 312 g/mol. The zero-order chi connectivity index (χ0) is 16.1. The number of thioether (sulfide) groups is 1. The third-order valence-electron chi connectivity index (χ3n) is 3.10. The van der Waals surface area contributed by atoms with Crippen LogP contribution in [0.3, 0.4) is 0 Å². The lowest BCUT2D eigenvalue weighted by molar-refractivity contribution is -0.137. The minimum Gasteiger partial charge on any atom is -0.496 e. The summed E-state index contributed by atoms with van der Waals surface area (Å²) in [7, 11) is 1.70. The van der Waals surface area contributed by atoms with Crippen LogP contribution in [0.4, 0.5) is 0 Å². The normalized spacial score (nSPS) is 12.8. The van der Waals surface area contributed by atoms with E-state index >= 15 is 0 Å². The highest BCUT2D eigenvalue weighted by molar-refractivity contribution is 8.03. The fraction of sp³-hybridized carbons (Fsp3) is 0.588. The number of allylic oxidation sites excluding steroid dienone is 4. The Morgan fingerprint density at radius 1 is 1.19 bits per heavy atom. The van der Waals surface area contributed by atoms with Crippen LogP contribution in [-0.2, 0) is 9.53 Å². The van der Waals surface area contributed by atoms with Gasteiger partial charge in [0.25, 0.3) is 0 Å². The first-order valence-corrected chi connectivity index (χ1v) is 8.40. The number of ether oxygens (including phenoxy) is 1. The first kappa shape index (κ1) is 19.8. The van der Waals surface area contributed by atoms with Gasteiger partial charge < -0.3 is 9.84 Å². The Morgan fingerprint density at radius 3 is 2.38 bits per heavy atom. The molecule has 4 heteroatoms. The molecule has 0 aliphatic rings. The second kappa shape index (κ2) is 12.6. The van der Waals surface area contributed by atoms with Gasteiger partial charge in [-0.2, -0.15) is 0 Å². The summed E-state index contributed by atoms with van der Waals surface area (Å²) in [5.41, 5.74) is 1.09. The van der Waals surface area contributed by atoms with Gasteiger partial charge in [-0.3, -0.25) is 4.79 Å². The van der Waals surface area contributed by atoms with Crippen LogP contribution in [0, 0.1) is 0 Å². The van der Waals surface area contributed by atoms with E-state index in [-0.39, 0.29) is 0 Å². The molecule has 3 nitrogen and oxygen atoms in total. The zero-order valence-corrected chi connectivity index (χ0v) is 14.3. The van der Waals surface area contributed by atoms with Crippen molar-refractivity contribution in [3.8, 4) is 0 Å². The SMILES string of the molecule is C=C/C=C(C)\C(OC)=C(/C)SCCCCCCCC(=O)O. The van der Waals surface area contributed by atoms with E-state index in [9.17, 15) is 4.79 Å². The van der Waals surface area contributed by atoms with Gasteiger partial charge in [-0.1, -0.05) is 38.0 Å².